The first-order valence-electron chi connectivity index (χ1n) is 6.51. The number of benzene rings is 1. The number of nitrogens with zero attached hydrogens (tertiary/aromatic N) is 1. The quantitative estimate of drug-likeness (QED) is 0.774. The normalized spacial score (nSPS) is 16.4. The number of hydrogen-bond donors (Lipinski definition) is 2. The minimum absolute atomic E-state index is 0.0648. The highest BCUT2D eigenvalue weighted by molar-refractivity contribution is 7.87. The Bertz CT molecular complexity index is 644. The van der Waals surface area contributed by atoms with Gasteiger partial charge >= 0.3 is 5.97 Å². The van der Waals surface area contributed by atoms with Crippen molar-refractivity contribution < 1.29 is 18.3 Å². The van der Waals surface area contributed by atoms with Crippen molar-refractivity contribution >= 4 is 16.2 Å². The minimum Gasteiger partial charge on any atom is -0.480 e. The first-order valence-corrected chi connectivity index (χ1v) is 7.95. The highest BCUT2D eigenvalue weighted by atomic mass is 32.2. The predicted molar refractivity (Wildman–Crippen MR) is 78.6 cm³/mol. The Morgan fingerprint density at radius 3 is 2.33 bits per heavy atom. The van der Waals surface area contributed by atoms with Crippen molar-refractivity contribution in [3.8, 4) is 0 Å². The van der Waals surface area contributed by atoms with Crippen LogP contribution in [-0.2, 0) is 28.1 Å². The van der Waals surface area contributed by atoms with E-state index in [1.165, 1.54) is 4.31 Å². The lowest BCUT2D eigenvalue weighted by Gasteiger charge is -2.20. The van der Waals surface area contributed by atoms with Crippen molar-refractivity contribution in [2.75, 3.05) is 0 Å². The van der Waals surface area contributed by atoms with Crippen molar-refractivity contribution in [1.29, 1.82) is 0 Å². The van der Waals surface area contributed by atoms with Crippen LogP contribution < -0.4 is 4.72 Å². The van der Waals surface area contributed by atoms with E-state index in [1.807, 2.05) is 24.3 Å². The van der Waals surface area contributed by atoms with Crippen LogP contribution in [0.2, 0.25) is 0 Å². The molecular weight excluding hydrogens is 292 g/mol. The molecule has 1 aromatic carbocycles. The zero-order valence-electron chi connectivity index (χ0n) is 11.7. The lowest BCUT2D eigenvalue weighted by molar-refractivity contribution is -0.138. The van der Waals surface area contributed by atoms with Gasteiger partial charge in [0.05, 0.1) is 0 Å². The largest absolute Gasteiger partial charge is 0.480 e. The molecule has 1 unspecified atom stereocenters. The average molecular weight is 310 g/mol. The molecule has 0 fully saturated rings. The van der Waals surface area contributed by atoms with E-state index >= 15 is 0 Å². The zero-order chi connectivity index (χ0) is 15.6. The molecule has 1 heterocycles. The van der Waals surface area contributed by atoms with Crippen molar-refractivity contribution in [2.45, 2.75) is 32.5 Å². The number of hydrogen-bond acceptors (Lipinski definition) is 3. The van der Waals surface area contributed by atoms with Crippen molar-refractivity contribution in [3.63, 3.8) is 0 Å². The number of carboxylic acid groups (broad SMARTS) is 1. The summed E-state index contributed by atoms with van der Waals surface area (Å²) in [5.41, 5.74) is 2.49. The van der Waals surface area contributed by atoms with Crippen LogP contribution in [0, 0.1) is 0 Å². The summed E-state index contributed by atoms with van der Waals surface area (Å²) >= 11 is 0. The molecule has 1 aliphatic heterocycles. The van der Waals surface area contributed by atoms with Crippen LogP contribution in [0.3, 0.4) is 0 Å². The summed E-state index contributed by atoms with van der Waals surface area (Å²) in [6.07, 6.45) is 0.0648. The number of nitrogens with one attached hydrogen (secondary N) is 1. The lowest BCUT2D eigenvalue weighted by atomic mass is 10.1. The Kier molecular flexibility index (Phi) is 4.46. The minimum atomic E-state index is -3.86. The Labute approximate surface area is 124 Å². The van der Waals surface area contributed by atoms with Gasteiger partial charge in [-0.25, -0.2) is 0 Å². The van der Waals surface area contributed by atoms with Gasteiger partial charge in [-0.15, -0.1) is 6.58 Å². The van der Waals surface area contributed by atoms with Crippen molar-refractivity contribution in [3.05, 3.63) is 47.5 Å². The predicted octanol–water partition coefficient (Wildman–Crippen LogP) is 1.26. The molecule has 1 atom stereocenters. The second kappa shape index (κ2) is 5.97. The smallest absolute Gasteiger partial charge is 0.322 e. The highest BCUT2D eigenvalue weighted by Gasteiger charge is 2.32. The van der Waals surface area contributed by atoms with Crippen LogP contribution in [0.1, 0.15) is 24.5 Å². The first-order chi connectivity index (χ1) is 9.79. The summed E-state index contributed by atoms with van der Waals surface area (Å²) in [6.45, 7) is 5.80. The summed E-state index contributed by atoms with van der Waals surface area (Å²) in [7, 11) is -3.86. The topological polar surface area (TPSA) is 86.7 Å². The summed E-state index contributed by atoms with van der Waals surface area (Å²) in [6, 6.07) is 6.24. The van der Waals surface area contributed by atoms with Gasteiger partial charge in [0, 0.05) is 13.1 Å². The highest BCUT2D eigenvalue weighted by Crippen LogP contribution is 2.24. The molecule has 2 rings (SSSR count). The number of carboxylic acids is 1. The third-order valence-electron chi connectivity index (χ3n) is 3.29. The molecular formula is C14H18N2O4S. The van der Waals surface area contributed by atoms with Gasteiger partial charge in [0.25, 0.3) is 10.2 Å². The first kappa shape index (κ1) is 15.7. The fraction of sp³-hybridized carbons (Fsp3) is 0.357. The van der Waals surface area contributed by atoms with Gasteiger partial charge in [-0.05, 0) is 24.5 Å². The van der Waals surface area contributed by atoms with Crippen molar-refractivity contribution in [1.82, 2.24) is 9.03 Å². The second-order valence-corrected chi connectivity index (χ2v) is 6.91. The summed E-state index contributed by atoms with van der Waals surface area (Å²) < 4.78 is 28.1. The maximum atomic E-state index is 12.3. The van der Waals surface area contributed by atoms with Gasteiger partial charge in [-0.2, -0.15) is 17.4 Å². The summed E-state index contributed by atoms with van der Waals surface area (Å²) in [5.74, 6) is -1.21. The van der Waals surface area contributed by atoms with Crippen LogP contribution in [0.4, 0.5) is 0 Å². The molecule has 114 valence electrons. The molecule has 0 aromatic heterocycles. The Balaban J connectivity index is 2.13. The third-order valence-corrected chi connectivity index (χ3v) is 4.81. The van der Waals surface area contributed by atoms with Crippen LogP contribution in [-0.4, -0.2) is 29.8 Å². The fourth-order valence-corrected chi connectivity index (χ4v) is 3.56. The molecule has 0 amide bonds. The van der Waals surface area contributed by atoms with Crippen LogP contribution in [0.5, 0.6) is 0 Å². The molecule has 6 nitrogen and oxygen atoms in total. The molecule has 0 aliphatic carbocycles. The van der Waals surface area contributed by atoms with E-state index in [2.05, 4.69) is 11.3 Å². The molecule has 21 heavy (non-hydrogen) atoms. The van der Waals surface area contributed by atoms with Gasteiger partial charge in [-0.3, -0.25) is 4.79 Å². The second-order valence-electron chi connectivity index (χ2n) is 5.21. The SMILES string of the molecule is C=C(C)CC(NS(=O)(=O)N1Cc2ccccc2C1)C(=O)O. The van der Waals surface area contributed by atoms with Crippen LogP contribution in [0.25, 0.3) is 0 Å². The lowest BCUT2D eigenvalue weighted by Crippen LogP contribution is -2.46. The summed E-state index contributed by atoms with van der Waals surface area (Å²) in [5, 5.41) is 9.12. The third kappa shape index (κ3) is 3.69. The van der Waals surface area contributed by atoms with E-state index in [-0.39, 0.29) is 19.5 Å². The van der Waals surface area contributed by atoms with Gasteiger partial charge in [0.15, 0.2) is 0 Å². The van der Waals surface area contributed by atoms with E-state index in [4.69, 9.17) is 5.11 Å². The molecule has 0 saturated carbocycles. The monoisotopic (exact) mass is 310 g/mol. The van der Waals surface area contributed by atoms with Crippen LogP contribution >= 0.6 is 0 Å². The molecule has 0 saturated heterocycles. The van der Waals surface area contributed by atoms with Crippen LogP contribution in [0.15, 0.2) is 36.4 Å². The zero-order valence-corrected chi connectivity index (χ0v) is 12.6. The van der Waals surface area contributed by atoms with Gasteiger partial charge in [0.1, 0.15) is 6.04 Å². The number of fused-ring (bicyclic) bond motifs is 1. The van der Waals surface area contributed by atoms with Gasteiger partial charge in [0.2, 0.25) is 0 Å². The van der Waals surface area contributed by atoms with E-state index in [9.17, 15) is 13.2 Å². The fourth-order valence-electron chi connectivity index (χ4n) is 2.25. The Morgan fingerprint density at radius 1 is 1.38 bits per heavy atom. The Morgan fingerprint density at radius 2 is 1.90 bits per heavy atom. The van der Waals surface area contributed by atoms with Gasteiger partial charge in [-0.1, -0.05) is 29.8 Å². The van der Waals surface area contributed by atoms with Crippen molar-refractivity contribution in [2.24, 2.45) is 0 Å². The summed E-state index contributed by atoms with van der Waals surface area (Å²) in [4.78, 5) is 11.2. The number of rotatable bonds is 6. The molecule has 1 aromatic rings. The van der Waals surface area contributed by atoms with E-state index in [1.54, 1.807) is 6.92 Å². The average Bonchev–Trinajstić information content (AvgIpc) is 2.81. The molecule has 7 heteroatoms. The molecule has 0 bridgehead atoms. The molecule has 1 aliphatic rings. The molecule has 0 spiro atoms. The number of carbonyl (C=O) groups is 1. The maximum Gasteiger partial charge on any atom is 0.322 e. The van der Waals surface area contributed by atoms with Gasteiger partial charge < -0.3 is 5.11 Å². The van der Waals surface area contributed by atoms with E-state index in [0.29, 0.717) is 5.57 Å². The van der Waals surface area contributed by atoms with E-state index in [0.717, 1.165) is 11.1 Å². The molecule has 2 N–H and O–H groups in total. The molecule has 0 radical (unpaired) electrons. The maximum absolute atomic E-state index is 12.3. The standard InChI is InChI=1S/C14H18N2O4S/c1-10(2)7-13(14(17)18)15-21(19,20)16-8-11-5-3-4-6-12(11)9-16/h3-6,13,15H,1,7-9H2,2H3,(H,17,18). The van der Waals surface area contributed by atoms with E-state index < -0.39 is 22.2 Å². The number of aliphatic carboxylic acids is 1. The Hall–Kier alpha value is -1.70.